The number of aromatic nitrogens is 3. The highest BCUT2D eigenvalue weighted by atomic mass is 19.2. The summed E-state index contributed by atoms with van der Waals surface area (Å²) in [5.41, 5.74) is 1.78. The fourth-order valence-corrected chi connectivity index (χ4v) is 5.10. The Labute approximate surface area is 250 Å². The minimum absolute atomic E-state index is 0.0577. The first kappa shape index (κ1) is 30.3. The van der Waals surface area contributed by atoms with Crippen molar-refractivity contribution in [3.8, 4) is 0 Å². The summed E-state index contributed by atoms with van der Waals surface area (Å²) >= 11 is 0. The van der Waals surface area contributed by atoms with E-state index in [1.165, 1.54) is 12.1 Å². The first-order chi connectivity index (χ1) is 20.7. The van der Waals surface area contributed by atoms with Gasteiger partial charge >= 0.3 is 11.9 Å². The van der Waals surface area contributed by atoms with Gasteiger partial charge in [-0.25, -0.2) is 27.9 Å². The second-order valence-electron chi connectivity index (χ2n) is 11.4. The van der Waals surface area contributed by atoms with E-state index in [-0.39, 0.29) is 29.3 Å². The summed E-state index contributed by atoms with van der Waals surface area (Å²) < 4.78 is 33.4. The van der Waals surface area contributed by atoms with Crippen LogP contribution in [-0.2, 0) is 17.7 Å². The number of hydrogen-bond donors (Lipinski definition) is 3. The van der Waals surface area contributed by atoms with Crippen molar-refractivity contribution in [3.05, 3.63) is 99.0 Å². The van der Waals surface area contributed by atoms with Crippen LogP contribution in [0.15, 0.2) is 42.5 Å². The third-order valence-electron chi connectivity index (χ3n) is 7.17. The maximum Gasteiger partial charge on any atom is 0.356 e. The van der Waals surface area contributed by atoms with E-state index in [2.05, 4.69) is 20.7 Å². The number of nitrogens with one attached hydrogen (secondary N) is 2. The van der Waals surface area contributed by atoms with Gasteiger partial charge in [-0.05, 0) is 81.0 Å². The molecule has 2 aromatic heterocycles. The van der Waals surface area contributed by atoms with Gasteiger partial charge in [0.05, 0.1) is 11.6 Å². The van der Waals surface area contributed by atoms with Gasteiger partial charge in [0.25, 0.3) is 11.8 Å². The van der Waals surface area contributed by atoms with Crippen molar-refractivity contribution >= 4 is 29.4 Å². The number of rotatable bonds is 7. The zero-order chi connectivity index (χ0) is 31.9. The Balaban J connectivity index is 1.41. The van der Waals surface area contributed by atoms with Crippen LogP contribution in [0.4, 0.5) is 8.78 Å². The number of amides is 2. The highest BCUT2D eigenvalue weighted by Gasteiger charge is 2.30. The molecule has 1 aliphatic rings. The largest absolute Gasteiger partial charge is 0.476 e. The number of carboxylic acid groups (broad SMARTS) is 1. The predicted octanol–water partition coefficient (Wildman–Crippen LogP) is 4.32. The average molecular weight is 606 g/mol. The van der Waals surface area contributed by atoms with Gasteiger partial charge in [-0.2, -0.15) is 5.10 Å². The number of carboxylic acids is 1. The van der Waals surface area contributed by atoms with Gasteiger partial charge in [0.1, 0.15) is 17.0 Å². The molecule has 1 atom stereocenters. The summed E-state index contributed by atoms with van der Waals surface area (Å²) in [4.78, 5) is 55.1. The Morgan fingerprint density at radius 3 is 2.45 bits per heavy atom. The summed E-state index contributed by atoms with van der Waals surface area (Å²) in [7, 11) is 0. The van der Waals surface area contributed by atoms with Crippen molar-refractivity contribution in [2.45, 2.75) is 58.7 Å². The lowest BCUT2D eigenvalue weighted by Crippen LogP contribution is -2.31. The Morgan fingerprint density at radius 2 is 1.77 bits per heavy atom. The zero-order valence-electron chi connectivity index (χ0n) is 24.3. The normalized spacial score (nSPS) is 14.3. The smallest absolute Gasteiger partial charge is 0.356 e. The molecule has 0 radical (unpaired) electrons. The second kappa shape index (κ2) is 11.5. The fraction of sp³-hybridized carbons (Fsp3) is 0.290. The van der Waals surface area contributed by atoms with Crippen LogP contribution in [0.2, 0.25) is 0 Å². The van der Waals surface area contributed by atoms with E-state index in [0.29, 0.717) is 24.0 Å². The number of fused-ring (bicyclic) bond motifs is 2. The lowest BCUT2D eigenvalue weighted by Gasteiger charge is -2.21. The van der Waals surface area contributed by atoms with Crippen molar-refractivity contribution < 1.29 is 37.8 Å². The van der Waals surface area contributed by atoms with E-state index in [1.807, 2.05) is 6.92 Å². The number of ether oxygens (including phenoxy) is 1. The fourth-order valence-electron chi connectivity index (χ4n) is 5.10. The van der Waals surface area contributed by atoms with E-state index < -0.39 is 47.0 Å². The van der Waals surface area contributed by atoms with Crippen LogP contribution in [0.5, 0.6) is 0 Å². The first-order valence-electron chi connectivity index (χ1n) is 13.7. The number of nitrogens with zero attached hydrogens (tertiary/aromatic N) is 3. The number of esters is 1. The molecule has 2 heterocycles. The lowest BCUT2D eigenvalue weighted by atomic mass is 9.97. The molecule has 0 saturated heterocycles. The maximum absolute atomic E-state index is 13.6. The van der Waals surface area contributed by atoms with Crippen LogP contribution in [0.1, 0.15) is 97.3 Å². The van der Waals surface area contributed by atoms with Crippen LogP contribution in [-0.4, -0.2) is 49.1 Å². The summed E-state index contributed by atoms with van der Waals surface area (Å²) in [5, 5.41) is 18.9. The standard InChI is InChI=1S/C31H29F2N5O6/c1-15-17-8-10-22(19(17)7-6-18(15)30(43)44-31(2,3)4)36-28(40)25-12-23(35-26-13-24(29(41)42)37-38(25)26)27(39)34-14-16-5-9-20(32)21(33)11-16/h5-7,9,11-13,22H,8,10,14H2,1-4H3,(H,34,39)(H,36,40)(H,41,42)/t22-/m0/s1. The molecule has 44 heavy (non-hydrogen) atoms. The molecule has 4 aromatic rings. The number of aromatic carboxylic acids is 1. The molecule has 0 fully saturated rings. The molecule has 0 spiro atoms. The third-order valence-corrected chi connectivity index (χ3v) is 7.17. The molecule has 11 nitrogen and oxygen atoms in total. The topological polar surface area (TPSA) is 152 Å². The van der Waals surface area contributed by atoms with E-state index in [4.69, 9.17) is 4.74 Å². The van der Waals surface area contributed by atoms with Crippen LogP contribution < -0.4 is 10.6 Å². The van der Waals surface area contributed by atoms with Gasteiger partial charge in [0.15, 0.2) is 23.0 Å². The zero-order valence-corrected chi connectivity index (χ0v) is 24.3. The van der Waals surface area contributed by atoms with Gasteiger partial charge in [0, 0.05) is 18.7 Å². The molecule has 0 bridgehead atoms. The van der Waals surface area contributed by atoms with Crippen LogP contribution >= 0.6 is 0 Å². The monoisotopic (exact) mass is 605 g/mol. The van der Waals surface area contributed by atoms with Crippen molar-refractivity contribution in [1.29, 1.82) is 0 Å². The molecule has 0 saturated carbocycles. The van der Waals surface area contributed by atoms with Crippen molar-refractivity contribution in [1.82, 2.24) is 25.2 Å². The van der Waals surface area contributed by atoms with E-state index >= 15 is 0 Å². The van der Waals surface area contributed by atoms with Gasteiger partial charge in [0.2, 0.25) is 0 Å². The van der Waals surface area contributed by atoms with Crippen LogP contribution in [0.3, 0.4) is 0 Å². The maximum atomic E-state index is 13.6. The Bertz CT molecular complexity index is 1850. The van der Waals surface area contributed by atoms with Crippen LogP contribution in [0, 0.1) is 18.6 Å². The minimum atomic E-state index is -1.35. The summed E-state index contributed by atoms with van der Waals surface area (Å²) in [6.07, 6.45) is 1.13. The molecule has 228 valence electrons. The van der Waals surface area contributed by atoms with Crippen molar-refractivity contribution in [2.75, 3.05) is 0 Å². The van der Waals surface area contributed by atoms with Gasteiger partial charge in [-0.3, -0.25) is 9.59 Å². The van der Waals surface area contributed by atoms with Crippen LogP contribution in [0.25, 0.3) is 5.65 Å². The Morgan fingerprint density at radius 1 is 1.02 bits per heavy atom. The number of benzene rings is 2. The molecule has 0 aliphatic heterocycles. The Kier molecular flexibility index (Phi) is 7.89. The van der Waals surface area contributed by atoms with Gasteiger partial charge in [-0.1, -0.05) is 12.1 Å². The first-order valence-corrected chi connectivity index (χ1v) is 13.7. The summed E-state index contributed by atoms with van der Waals surface area (Å²) in [6, 6.07) is 8.48. The highest BCUT2D eigenvalue weighted by Crippen LogP contribution is 2.35. The van der Waals surface area contributed by atoms with E-state index in [0.717, 1.165) is 39.4 Å². The second-order valence-corrected chi connectivity index (χ2v) is 11.4. The molecule has 2 amide bonds. The number of hydrogen-bond acceptors (Lipinski definition) is 7. The average Bonchev–Trinajstić information content (AvgIpc) is 3.57. The SMILES string of the molecule is Cc1c(C(=O)OC(C)(C)C)ccc2c1CC[C@@H]2NC(=O)c1cc(C(=O)NCc2ccc(F)c(F)c2)nc2cc(C(=O)O)nn12. The molecular weight excluding hydrogens is 576 g/mol. The molecule has 1 aliphatic carbocycles. The molecule has 2 aromatic carbocycles. The Hall–Kier alpha value is -5.20. The number of carbonyl (C=O) groups is 4. The highest BCUT2D eigenvalue weighted by molar-refractivity contribution is 5.99. The number of halogens is 2. The quantitative estimate of drug-likeness (QED) is 0.264. The molecule has 13 heteroatoms. The molecule has 5 rings (SSSR count). The summed E-state index contributed by atoms with van der Waals surface area (Å²) in [5.74, 6) is -5.26. The van der Waals surface area contributed by atoms with Gasteiger partial charge in [-0.15, -0.1) is 0 Å². The molecular formula is C31H29F2N5O6. The van der Waals surface area contributed by atoms with Crippen molar-refractivity contribution in [2.24, 2.45) is 0 Å². The van der Waals surface area contributed by atoms with E-state index in [1.54, 1.807) is 32.9 Å². The van der Waals surface area contributed by atoms with E-state index in [9.17, 15) is 33.1 Å². The number of carbonyl (C=O) groups excluding carboxylic acids is 3. The predicted molar refractivity (Wildman–Crippen MR) is 152 cm³/mol. The third kappa shape index (κ3) is 6.12. The molecule has 0 unspecified atom stereocenters. The van der Waals surface area contributed by atoms with Crippen molar-refractivity contribution in [3.63, 3.8) is 0 Å². The minimum Gasteiger partial charge on any atom is -0.476 e. The summed E-state index contributed by atoms with van der Waals surface area (Å²) in [6.45, 7) is 7.03. The molecule has 3 N–H and O–H groups in total. The van der Waals surface area contributed by atoms with Gasteiger partial charge < -0.3 is 20.5 Å². The lowest BCUT2D eigenvalue weighted by molar-refractivity contribution is 0.00681.